The van der Waals surface area contributed by atoms with Crippen molar-refractivity contribution in [2.24, 2.45) is 0 Å². The summed E-state index contributed by atoms with van der Waals surface area (Å²) in [5, 5.41) is 8.29. The summed E-state index contributed by atoms with van der Waals surface area (Å²) in [5.41, 5.74) is 7.95. The normalized spacial score (nSPS) is 12.0. The van der Waals surface area contributed by atoms with Gasteiger partial charge in [-0.2, -0.15) is 0 Å². The molecule has 0 radical (unpaired) electrons. The summed E-state index contributed by atoms with van der Waals surface area (Å²) in [4.78, 5) is 79.0. The number of nitrogens with one attached hydrogen (secondary N) is 3. The molecule has 3 N–H and O–H groups in total. The van der Waals surface area contributed by atoms with Crippen LogP contribution in [0, 0.1) is 20.8 Å². The van der Waals surface area contributed by atoms with Crippen molar-refractivity contribution in [1.29, 1.82) is 0 Å². The second-order valence-corrected chi connectivity index (χ2v) is 17.9. The minimum absolute atomic E-state index is 0.190. The molecule has 0 heterocycles. The molecular formula is C59H63N3O12. The van der Waals surface area contributed by atoms with Gasteiger partial charge in [-0.3, -0.25) is 14.4 Å². The van der Waals surface area contributed by atoms with E-state index < -0.39 is 73.6 Å². The number of benzene rings is 6. The zero-order valence-electron chi connectivity index (χ0n) is 42.6. The maximum absolute atomic E-state index is 13.8. The molecule has 386 valence electrons. The number of hydrogen-bond acceptors (Lipinski definition) is 12. The molecule has 0 aliphatic heterocycles. The van der Waals surface area contributed by atoms with Crippen molar-refractivity contribution in [2.45, 2.75) is 71.0 Å². The van der Waals surface area contributed by atoms with Crippen LogP contribution in [-0.2, 0) is 75.1 Å². The van der Waals surface area contributed by atoms with E-state index in [9.17, 15) is 28.8 Å². The van der Waals surface area contributed by atoms with Gasteiger partial charge < -0.3 is 44.4 Å². The molecule has 6 rings (SSSR count). The van der Waals surface area contributed by atoms with Gasteiger partial charge in [-0.25, -0.2) is 14.4 Å². The Kier molecular flexibility index (Phi) is 20.3. The number of esters is 3. The Bertz CT molecular complexity index is 2720. The molecule has 0 saturated carbocycles. The smallest absolute Gasteiger partial charge is 0.328 e. The monoisotopic (exact) mass is 1010 g/mol. The molecule has 0 saturated heterocycles. The first kappa shape index (κ1) is 54.9. The van der Waals surface area contributed by atoms with E-state index in [4.69, 9.17) is 28.4 Å². The molecule has 0 unspecified atom stereocenters. The van der Waals surface area contributed by atoms with Gasteiger partial charge in [0.1, 0.15) is 35.4 Å². The molecule has 0 spiro atoms. The highest BCUT2D eigenvalue weighted by Crippen LogP contribution is 2.35. The molecule has 74 heavy (non-hydrogen) atoms. The van der Waals surface area contributed by atoms with E-state index in [1.807, 2.05) is 148 Å². The number of carbonyl (C=O) groups excluding carboxylic acids is 6. The van der Waals surface area contributed by atoms with Gasteiger partial charge in [0.15, 0.2) is 19.8 Å². The average Bonchev–Trinajstić information content (AvgIpc) is 3.39. The van der Waals surface area contributed by atoms with Gasteiger partial charge in [-0.15, -0.1) is 0 Å². The van der Waals surface area contributed by atoms with Crippen LogP contribution in [-0.4, -0.2) is 94.9 Å². The quantitative estimate of drug-likeness (QED) is 0.0410. The largest absolute Gasteiger partial charge is 0.483 e. The predicted molar refractivity (Wildman–Crippen MR) is 278 cm³/mol. The maximum atomic E-state index is 13.8. The highest BCUT2D eigenvalue weighted by Gasteiger charge is 2.26. The first-order valence-corrected chi connectivity index (χ1v) is 24.1. The van der Waals surface area contributed by atoms with E-state index in [0.717, 1.165) is 33.4 Å². The molecule has 6 aromatic carbocycles. The molecule has 0 fully saturated rings. The van der Waals surface area contributed by atoms with Crippen LogP contribution in [0.5, 0.6) is 17.2 Å². The van der Waals surface area contributed by atoms with E-state index in [-0.39, 0.29) is 32.1 Å². The fourth-order valence-corrected chi connectivity index (χ4v) is 8.45. The summed E-state index contributed by atoms with van der Waals surface area (Å²) >= 11 is 0. The van der Waals surface area contributed by atoms with Crippen LogP contribution in [0.4, 0.5) is 0 Å². The van der Waals surface area contributed by atoms with Crippen LogP contribution in [0.2, 0.25) is 0 Å². The molecule has 15 nitrogen and oxygen atoms in total. The van der Waals surface area contributed by atoms with E-state index in [1.54, 1.807) is 12.1 Å². The van der Waals surface area contributed by atoms with E-state index in [2.05, 4.69) is 16.0 Å². The van der Waals surface area contributed by atoms with Gasteiger partial charge in [0, 0.05) is 32.1 Å². The van der Waals surface area contributed by atoms with Gasteiger partial charge in [-0.05, 0) is 71.8 Å². The number of hydrogen-bond donors (Lipinski definition) is 3. The van der Waals surface area contributed by atoms with Crippen LogP contribution >= 0.6 is 0 Å². The summed E-state index contributed by atoms with van der Waals surface area (Å²) < 4.78 is 33.9. The number of amides is 3. The number of aryl methyl sites for hydroxylation is 3. The molecule has 0 bridgehead atoms. The van der Waals surface area contributed by atoms with E-state index in [1.165, 1.54) is 21.3 Å². The Morgan fingerprint density at radius 3 is 1.03 bits per heavy atom. The zero-order valence-corrected chi connectivity index (χ0v) is 42.6. The highest BCUT2D eigenvalue weighted by molar-refractivity contribution is 5.87. The number of rotatable bonds is 25. The summed E-state index contributed by atoms with van der Waals surface area (Å²) in [5.74, 6) is -2.24. The average molecular weight is 1010 g/mol. The number of ether oxygens (including phenoxy) is 6. The molecule has 3 amide bonds. The Balaban J connectivity index is 1.28. The molecular weight excluding hydrogens is 943 g/mol. The summed E-state index contributed by atoms with van der Waals surface area (Å²) in [6.07, 6.45) is 1.09. The molecule has 0 aromatic heterocycles. The Morgan fingerprint density at radius 2 is 0.703 bits per heavy atom. The molecule has 0 aliphatic carbocycles. The van der Waals surface area contributed by atoms with Crippen molar-refractivity contribution in [2.75, 3.05) is 41.2 Å². The van der Waals surface area contributed by atoms with E-state index >= 15 is 0 Å². The van der Waals surface area contributed by atoms with Gasteiger partial charge in [0.2, 0.25) is 0 Å². The first-order chi connectivity index (χ1) is 35.7. The van der Waals surface area contributed by atoms with Crippen molar-refractivity contribution in [3.63, 3.8) is 0 Å². The zero-order chi connectivity index (χ0) is 53.0. The van der Waals surface area contributed by atoms with Crippen molar-refractivity contribution in [3.05, 3.63) is 195 Å². The lowest BCUT2D eigenvalue weighted by Crippen LogP contribution is -2.45. The minimum Gasteiger partial charge on any atom is -0.483 e. The first-order valence-electron chi connectivity index (χ1n) is 24.1. The van der Waals surface area contributed by atoms with Crippen molar-refractivity contribution >= 4 is 35.6 Å². The molecule has 3 atom stereocenters. The molecule has 6 aromatic rings. The van der Waals surface area contributed by atoms with Gasteiger partial charge >= 0.3 is 17.9 Å². The van der Waals surface area contributed by atoms with Crippen LogP contribution in [0.15, 0.2) is 140 Å². The van der Waals surface area contributed by atoms with E-state index in [0.29, 0.717) is 39.5 Å². The SMILES string of the molecule is COC(=O)[C@H](Cc1ccccc1)NC(=O)COc1ccc(C)cc1Cc1cc(C)cc(Cc2cc(C)ccc2OCC(=O)N[C@@H](Cc2ccccc2)C(=O)OC)c1OCC(=O)N[C@@H](Cc1ccccc1)C(=O)OC. The maximum Gasteiger partial charge on any atom is 0.328 e. The highest BCUT2D eigenvalue weighted by atomic mass is 16.5. The van der Waals surface area contributed by atoms with Crippen LogP contribution in [0.1, 0.15) is 55.6 Å². The minimum atomic E-state index is -0.994. The standard InChI is InChI=1S/C59H63N3O12/c1-38-22-24-51(72-35-53(63)60-48(57(66)69-4)30-41-16-10-7-11-17-41)44(26-38)33-46-28-40(3)29-47(56(46)74-37-55(65)62-50(59(68)71-6)32-43-20-14-9-15-21-43)34-45-27-39(2)23-25-52(45)73-36-54(64)61-49(58(67)70-5)31-42-18-12-8-13-19-42/h7-29,48-50H,30-37H2,1-6H3,(H,60,63)(H,61,64)(H,62,65)/t48-,49-,50-/m0/s1. The topological polar surface area (TPSA) is 194 Å². The lowest BCUT2D eigenvalue weighted by molar-refractivity contribution is -0.145. The van der Waals surface area contributed by atoms with Gasteiger partial charge in [0.25, 0.3) is 17.7 Å². The number of methoxy groups -OCH3 is 3. The van der Waals surface area contributed by atoms with Crippen molar-refractivity contribution in [3.8, 4) is 17.2 Å². The third-order valence-electron chi connectivity index (χ3n) is 12.0. The predicted octanol–water partition coefficient (Wildman–Crippen LogP) is 6.63. The lowest BCUT2D eigenvalue weighted by Gasteiger charge is -2.21. The van der Waals surface area contributed by atoms with Gasteiger partial charge in [-0.1, -0.05) is 144 Å². The van der Waals surface area contributed by atoms with Gasteiger partial charge in [0.05, 0.1) is 21.3 Å². The Morgan fingerprint density at radius 1 is 0.392 bits per heavy atom. The van der Waals surface area contributed by atoms with Crippen LogP contribution < -0.4 is 30.2 Å². The molecule has 15 heteroatoms. The summed E-state index contributed by atoms with van der Waals surface area (Å²) in [6.45, 7) is 4.50. The third-order valence-corrected chi connectivity index (χ3v) is 12.0. The molecule has 0 aliphatic rings. The van der Waals surface area contributed by atoms with Crippen molar-refractivity contribution < 1.29 is 57.2 Å². The fraction of sp³-hybridized carbons (Fsp3) is 0.288. The number of carbonyl (C=O) groups is 6. The third kappa shape index (κ3) is 16.6. The lowest BCUT2D eigenvalue weighted by atomic mass is 9.93. The fourth-order valence-electron chi connectivity index (χ4n) is 8.45. The van der Waals surface area contributed by atoms with Crippen LogP contribution in [0.3, 0.4) is 0 Å². The Hall–Kier alpha value is -8.46. The summed E-state index contributed by atoms with van der Waals surface area (Å²) in [7, 11) is 3.79. The second kappa shape index (κ2) is 27.4. The Labute approximate surface area is 431 Å². The van der Waals surface area contributed by atoms with Crippen molar-refractivity contribution in [1.82, 2.24) is 16.0 Å². The second-order valence-electron chi connectivity index (χ2n) is 17.9. The van der Waals surface area contributed by atoms with Crippen LogP contribution in [0.25, 0.3) is 0 Å². The summed E-state index contributed by atoms with van der Waals surface area (Å²) in [6, 6.07) is 39.9.